The van der Waals surface area contributed by atoms with Gasteiger partial charge in [-0.05, 0) is 23.6 Å². The lowest BCUT2D eigenvalue weighted by Gasteiger charge is -2.10. The summed E-state index contributed by atoms with van der Waals surface area (Å²) in [6, 6.07) is 12.1. The van der Waals surface area contributed by atoms with Crippen molar-refractivity contribution in [1.29, 1.82) is 0 Å². The highest BCUT2D eigenvalue weighted by atomic mass is 16.6. The molecule has 0 spiro atoms. The third kappa shape index (κ3) is 2.71. The van der Waals surface area contributed by atoms with Crippen molar-refractivity contribution in [2.75, 3.05) is 26.4 Å². The van der Waals surface area contributed by atoms with Crippen LogP contribution in [0.5, 0.6) is 11.5 Å². The Morgan fingerprint density at radius 2 is 1.70 bits per heavy atom. The predicted octanol–water partition coefficient (Wildman–Crippen LogP) is 2.40. The van der Waals surface area contributed by atoms with E-state index in [-0.39, 0.29) is 12.2 Å². The molecule has 2 heterocycles. The van der Waals surface area contributed by atoms with E-state index in [1.54, 1.807) is 0 Å². The standard InChI is InChI=1S/C16H16O4/c1-2-11-4-5-12(17-7-13-8-18-13)6-15(11)16(3-1)20-10-14-9-19-14/h1-6,13-14H,7-10H2. The van der Waals surface area contributed by atoms with E-state index in [2.05, 4.69) is 12.1 Å². The molecule has 4 rings (SSSR count). The molecule has 0 N–H and O–H groups in total. The number of epoxide rings is 2. The summed E-state index contributed by atoms with van der Waals surface area (Å²) >= 11 is 0. The molecule has 2 aliphatic rings. The van der Waals surface area contributed by atoms with Gasteiger partial charge in [-0.25, -0.2) is 0 Å². The number of hydrogen-bond donors (Lipinski definition) is 0. The Labute approximate surface area is 117 Å². The van der Waals surface area contributed by atoms with E-state index in [9.17, 15) is 0 Å². The molecule has 4 heteroatoms. The average molecular weight is 272 g/mol. The number of ether oxygens (including phenoxy) is 4. The van der Waals surface area contributed by atoms with Crippen molar-refractivity contribution >= 4 is 10.8 Å². The van der Waals surface area contributed by atoms with Crippen molar-refractivity contribution in [3.63, 3.8) is 0 Å². The van der Waals surface area contributed by atoms with Gasteiger partial charge in [0.05, 0.1) is 13.2 Å². The van der Waals surface area contributed by atoms with Gasteiger partial charge < -0.3 is 18.9 Å². The molecular formula is C16H16O4. The van der Waals surface area contributed by atoms with Gasteiger partial charge in [0.1, 0.15) is 36.9 Å². The molecule has 0 aliphatic carbocycles. The van der Waals surface area contributed by atoms with E-state index >= 15 is 0 Å². The Morgan fingerprint density at radius 3 is 2.45 bits per heavy atom. The average Bonchev–Trinajstić information content (AvgIpc) is 3.37. The van der Waals surface area contributed by atoms with Gasteiger partial charge in [-0.15, -0.1) is 0 Å². The Morgan fingerprint density at radius 1 is 0.950 bits per heavy atom. The SMILES string of the molecule is c1cc(OCC2CO2)c2cc(OCC3CO3)ccc2c1. The monoisotopic (exact) mass is 272 g/mol. The highest BCUT2D eigenvalue weighted by Gasteiger charge is 2.24. The van der Waals surface area contributed by atoms with Crippen molar-refractivity contribution in [2.24, 2.45) is 0 Å². The van der Waals surface area contributed by atoms with E-state index in [0.29, 0.717) is 13.2 Å². The fourth-order valence-corrected chi connectivity index (χ4v) is 2.14. The first-order chi connectivity index (χ1) is 9.88. The van der Waals surface area contributed by atoms with Crippen LogP contribution in [-0.2, 0) is 9.47 Å². The maximum atomic E-state index is 5.83. The van der Waals surface area contributed by atoms with Crippen LogP contribution in [0.4, 0.5) is 0 Å². The molecule has 0 radical (unpaired) electrons. The lowest BCUT2D eigenvalue weighted by atomic mass is 10.1. The van der Waals surface area contributed by atoms with Gasteiger partial charge in [-0.1, -0.05) is 18.2 Å². The van der Waals surface area contributed by atoms with Crippen LogP contribution in [0.3, 0.4) is 0 Å². The maximum Gasteiger partial charge on any atom is 0.127 e. The lowest BCUT2D eigenvalue weighted by Crippen LogP contribution is -2.05. The summed E-state index contributed by atoms with van der Waals surface area (Å²) < 4.78 is 21.9. The molecule has 2 saturated heterocycles. The van der Waals surface area contributed by atoms with Crippen LogP contribution < -0.4 is 9.47 Å². The van der Waals surface area contributed by atoms with Crippen LogP contribution >= 0.6 is 0 Å². The normalized spacial score (nSPS) is 23.6. The van der Waals surface area contributed by atoms with Gasteiger partial charge in [-0.2, -0.15) is 0 Å². The number of fused-ring (bicyclic) bond motifs is 1. The molecule has 0 amide bonds. The molecule has 20 heavy (non-hydrogen) atoms. The first-order valence-corrected chi connectivity index (χ1v) is 6.90. The third-order valence-corrected chi connectivity index (χ3v) is 3.48. The van der Waals surface area contributed by atoms with Crippen LogP contribution in [-0.4, -0.2) is 38.6 Å². The first kappa shape index (κ1) is 12.0. The minimum absolute atomic E-state index is 0.261. The predicted molar refractivity (Wildman–Crippen MR) is 74.4 cm³/mol. The summed E-state index contributed by atoms with van der Waals surface area (Å²) in [5.74, 6) is 1.73. The second kappa shape index (κ2) is 4.96. The van der Waals surface area contributed by atoms with Gasteiger partial charge in [-0.3, -0.25) is 0 Å². The summed E-state index contributed by atoms with van der Waals surface area (Å²) in [6.45, 7) is 2.84. The van der Waals surface area contributed by atoms with Gasteiger partial charge in [0.15, 0.2) is 0 Å². The van der Waals surface area contributed by atoms with Gasteiger partial charge in [0, 0.05) is 5.39 Å². The van der Waals surface area contributed by atoms with Crippen molar-refractivity contribution < 1.29 is 18.9 Å². The molecule has 2 fully saturated rings. The van der Waals surface area contributed by atoms with E-state index in [1.807, 2.05) is 24.3 Å². The van der Waals surface area contributed by atoms with E-state index in [1.165, 1.54) is 0 Å². The Bertz CT molecular complexity index is 617. The van der Waals surface area contributed by atoms with Crippen LogP contribution in [0.15, 0.2) is 36.4 Å². The Hall–Kier alpha value is -1.78. The molecule has 0 bridgehead atoms. The van der Waals surface area contributed by atoms with Crippen LogP contribution in [0, 0.1) is 0 Å². The Balaban J connectivity index is 1.57. The summed E-state index contributed by atoms with van der Waals surface area (Å²) in [5, 5.41) is 2.22. The fraction of sp³-hybridized carbons (Fsp3) is 0.375. The zero-order valence-electron chi connectivity index (χ0n) is 11.1. The first-order valence-electron chi connectivity index (χ1n) is 6.90. The van der Waals surface area contributed by atoms with E-state index < -0.39 is 0 Å². The van der Waals surface area contributed by atoms with Crippen molar-refractivity contribution in [1.82, 2.24) is 0 Å². The highest BCUT2D eigenvalue weighted by molar-refractivity contribution is 5.89. The van der Waals surface area contributed by atoms with E-state index in [0.717, 1.165) is 35.5 Å². The second-order valence-electron chi connectivity index (χ2n) is 5.17. The molecule has 104 valence electrons. The molecule has 2 aliphatic heterocycles. The summed E-state index contributed by atoms with van der Waals surface area (Å²) in [5.41, 5.74) is 0. The molecule has 2 aromatic carbocycles. The largest absolute Gasteiger partial charge is 0.491 e. The molecule has 2 unspecified atom stereocenters. The number of benzene rings is 2. The van der Waals surface area contributed by atoms with Crippen molar-refractivity contribution in [3.8, 4) is 11.5 Å². The fourth-order valence-electron chi connectivity index (χ4n) is 2.14. The minimum atomic E-state index is 0.261. The Kier molecular flexibility index (Phi) is 2.98. The zero-order chi connectivity index (χ0) is 13.4. The summed E-state index contributed by atoms with van der Waals surface area (Å²) in [7, 11) is 0. The van der Waals surface area contributed by atoms with Crippen LogP contribution in [0.2, 0.25) is 0 Å². The van der Waals surface area contributed by atoms with Gasteiger partial charge >= 0.3 is 0 Å². The highest BCUT2D eigenvalue weighted by Crippen LogP contribution is 2.30. The van der Waals surface area contributed by atoms with Crippen molar-refractivity contribution in [2.45, 2.75) is 12.2 Å². The quantitative estimate of drug-likeness (QED) is 0.757. The molecule has 2 atom stereocenters. The molecular weight excluding hydrogens is 256 g/mol. The minimum Gasteiger partial charge on any atom is -0.491 e. The van der Waals surface area contributed by atoms with E-state index in [4.69, 9.17) is 18.9 Å². The van der Waals surface area contributed by atoms with Crippen LogP contribution in [0.25, 0.3) is 10.8 Å². The van der Waals surface area contributed by atoms with Gasteiger partial charge in [0.2, 0.25) is 0 Å². The van der Waals surface area contributed by atoms with Crippen LogP contribution in [0.1, 0.15) is 0 Å². The summed E-state index contributed by atoms with van der Waals surface area (Å²) in [4.78, 5) is 0. The molecule has 0 saturated carbocycles. The smallest absolute Gasteiger partial charge is 0.127 e. The second-order valence-corrected chi connectivity index (χ2v) is 5.17. The topological polar surface area (TPSA) is 43.5 Å². The van der Waals surface area contributed by atoms with Crippen molar-refractivity contribution in [3.05, 3.63) is 36.4 Å². The number of hydrogen-bond acceptors (Lipinski definition) is 4. The molecule has 2 aromatic rings. The zero-order valence-corrected chi connectivity index (χ0v) is 11.1. The third-order valence-electron chi connectivity index (χ3n) is 3.48. The molecule has 4 nitrogen and oxygen atoms in total. The molecule has 0 aromatic heterocycles. The maximum absolute atomic E-state index is 5.83. The summed E-state index contributed by atoms with van der Waals surface area (Å²) in [6.07, 6.45) is 0.529. The number of rotatable bonds is 6. The lowest BCUT2D eigenvalue weighted by molar-refractivity contribution is 0.262. The van der Waals surface area contributed by atoms with Gasteiger partial charge in [0.25, 0.3) is 0 Å².